The van der Waals surface area contributed by atoms with Crippen molar-refractivity contribution in [3.63, 3.8) is 0 Å². The van der Waals surface area contributed by atoms with E-state index >= 15 is 0 Å². The Morgan fingerprint density at radius 3 is 2.39 bits per heavy atom. The van der Waals surface area contributed by atoms with E-state index in [9.17, 15) is 30.8 Å². The van der Waals surface area contributed by atoms with Gasteiger partial charge >= 0.3 is 13.2 Å². The fourth-order valence-electron chi connectivity index (χ4n) is 3.10. The van der Waals surface area contributed by atoms with Gasteiger partial charge in [-0.05, 0) is 43.2 Å². The highest BCUT2D eigenvalue weighted by molar-refractivity contribution is 7.89. The van der Waals surface area contributed by atoms with Crippen molar-refractivity contribution in [2.45, 2.75) is 31.0 Å². The van der Waals surface area contributed by atoms with Crippen LogP contribution in [0.15, 0.2) is 52.5 Å². The highest BCUT2D eigenvalue weighted by atomic mass is 32.2. The fraction of sp³-hybridized carbons (Fsp3) is 0.300. The molecule has 0 radical (unpaired) electrons. The van der Waals surface area contributed by atoms with Crippen LogP contribution in [0.4, 0.5) is 17.6 Å². The van der Waals surface area contributed by atoms with E-state index in [2.05, 4.69) is 20.0 Å². The second-order valence-electron chi connectivity index (χ2n) is 6.79. The zero-order valence-corrected chi connectivity index (χ0v) is 17.8. The number of benzene rings is 2. The average Bonchev–Trinajstić information content (AvgIpc) is 3.30. The summed E-state index contributed by atoms with van der Waals surface area (Å²) in [4.78, 5) is 12.3. The summed E-state index contributed by atoms with van der Waals surface area (Å²) >= 11 is 0. The third-order valence-corrected chi connectivity index (χ3v) is 6.49. The minimum absolute atomic E-state index is 0.0113. The Hall–Kier alpha value is -3.19. The minimum Gasteiger partial charge on any atom is -0.435 e. The summed E-state index contributed by atoms with van der Waals surface area (Å²) in [6, 6.07) is 8.43. The number of nitrogens with zero attached hydrogens (tertiary/aromatic N) is 2. The first kappa shape index (κ1) is 24.5. The third-order valence-electron chi connectivity index (χ3n) is 4.60. The van der Waals surface area contributed by atoms with Gasteiger partial charge in [0.15, 0.2) is 0 Å². The van der Waals surface area contributed by atoms with Gasteiger partial charge in [0.05, 0.1) is 11.1 Å². The molecule has 1 N–H and O–H groups in total. The van der Waals surface area contributed by atoms with Crippen LogP contribution in [0.1, 0.15) is 28.8 Å². The highest BCUT2D eigenvalue weighted by Gasteiger charge is 2.27. The lowest BCUT2D eigenvalue weighted by atomic mass is 10.2. The molecule has 33 heavy (non-hydrogen) atoms. The van der Waals surface area contributed by atoms with Crippen molar-refractivity contribution in [3.05, 3.63) is 53.6 Å². The molecule has 1 fully saturated rings. The normalized spacial score (nSPS) is 14.8. The van der Waals surface area contributed by atoms with Gasteiger partial charge in [-0.3, -0.25) is 4.79 Å². The van der Waals surface area contributed by atoms with Crippen LogP contribution >= 0.6 is 0 Å². The van der Waals surface area contributed by atoms with Crippen LogP contribution in [0.25, 0.3) is 0 Å². The summed E-state index contributed by atoms with van der Waals surface area (Å²) in [5.41, 5.74) is 2.11. The first-order valence-corrected chi connectivity index (χ1v) is 11.1. The molecule has 0 aliphatic carbocycles. The van der Waals surface area contributed by atoms with Crippen LogP contribution in [0, 0.1) is 0 Å². The van der Waals surface area contributed by atoms with Gasteiger partial charge in [0.2, 0.25) is 10.0 Å². The van der Waals surface area contributed by atoms with Gasteiger partial charge in [-0.25, -0.2) is 13.8 Å². The molecule has 0 bridgehead atoms. The summed E-state index contributed by atoms with van der Waals surface area (Å²) < 4.78 is 85.0. The standard InChI is InChI=1S/C20H19F4N3O5S/c21-19(22)31-15-7-6-14(17(11-15)32-20(23)24)12-25-26-18(28)13-4-3-5-16(10-13)33(29,30)27-8-1-2-9-27/h3-7,10-12,19-20H,1-2,8-9H2,(H,26,28). The Labute approximate surface area is 186 Å². The second-order valence-corrected chi connectivity index (χ2v) is 8.73. The maximum absolute atomic E-state index is 12.7. The molecule has 2 aromatic carbocycles. The molecule has 1 aliphatic rings. The topological polar surface area (TPSA) is 97.3 Å². The van der Waals surface area contributed by atoms with Crippen molar-refractivity contribution in [1.29, 1.82) is 0 Å². The fourth-order valence-corrected chi connectivity index (χ4v) is 4.66. The molecule has 0 saturated carbocycles. The number of halogens is 4. The monoisotopic (exact) mass is 489 g/mol. The molecule has 3 rings (SSSR count). The van der Waals surface area contributed by atoms with E-state index in [1.165, 1.54) is 28.6 Å². The Morgan fingerprint density at radius 1 is 1.03 bits per heavy atom. The molecule has 0 unspecified atom stereocenters. The largest absolute Gasteiger partial charge is 0.435 e. The average molecular weight is 489 g/mol. The van der Waals surface area contributed by atoms with Crippen LogP contribution in [0.3, 0.4) is 0 Å². The van der Waals surface area contributed by atoms with E-state index in [4.69, 9.17) is 0 Å². The summed E-state index contributed by atoms with van der Waals surface area (Å²) in [6.45, 7) is -5.58. The van der Waals surface area contributed by atoms with E-state index in [-0.39, 0.29) is 16.0 Å². The van der Waals surface area contributed by atoms with Gasteiger partial charge in [-0.1, -0.05) is 6.07 Å². The van der Waals surface area contributed by atoms with E-state index in [0.29, 0.717) is 13.1 Å². The number of hydrazone groups is 1. The van der Waals surface area contributed by atoms with Crippen molar-refractivity contribution in [2.75, 3.05) is 13.1 Å². The molecular formula is C20H19F4N3O5S. The number of ether oxygens (including phenoxy) is 2. The number of carbonyl (C=O) groups excluding carboxylic acids is 1. The van der Waals surface area contributed by atoms with Crippen molar-refractivity contribution in [3.8, 4) is 11.5 Å². The second kappa shape index (κ2) is 10.6. The molecule has 1 aliphatic heterocycles. The Bertz CT molecular complexity index is 1120. The van der Waals surface area contributed by atoms with E-state index in [1.54, 1.807) is 0 Å². The quantitative estimate of drug-likeness (QED) is 0.331. The molecular weight excluding hydrogens is 470 g/mol. The maximum Gasteiger partial charge on any atom is 0.387 e. The lowest BCUT2D eigenvalue weighted by molar-refractivity contribution is -0.0543. The number of nitrogens with one attached hydrogen (secondary N) is 1. The van der Waals surface area contributed by atoms with Crippen LogP contribution < -0.4 is 14.9 Å². The summed E-state index contributed by atoms with van der Waals surface area (Å²) in [6.07, 6.45) is 2.49. The number of amides is 1. The third kappa shape index (κ3) is 6.42. The molecule has 0 aromatic heterocycles. The lowest BCUT2D eigenvalue weighted by Gasteiger charge is -2.15. The molecule has 0 spiro atoms. The molecule has 13 heteroatoms. The van der Waals surface area contributed by atoms with Gasteiger partial charge in [0.25, 0.3) is 5.91 Å². The zero-order chi connectivity index (χ0) is 24.0. The van der Waals surface area contributed by atoms with Crippen molar-refractivity contribution >= 4 is 22.1 Å². The Balaban J connectivity index is 1.73. The molecule has 8 nitrogen and oxygen atoms in total. The molecule has 2 aromatic rings. The van der Waals surface area contributed by atoms with E-state index in [1.807, 2.05) is 0 Å². The molecule has 1 saturated heterocycles. The molecule has 1 amide bonds. The van der Waals surface area contributed by atoms with E-state index < -0.39 is 40.7 Å². The van der Waals surface area contributed by atoms with Crippen molar-refractivity contribution < 1.29 is 40.2 Å². The van der Waals surface area contributed by atoms with Crippen LogP contribution in [-0.4, -0.2) is 51.2 Å². The molecule has 0 atom stereocenters. The van der Waals surface area contributed by atoms with Gasteiger partial charge in [0.1, 0.15) is 11.5 Å². The number of carbonyl (C=O) groups is 1. The zero-order valence-electron chi connectivity index (χ0n) is 17.0. The predicted molar refractivity (Wildman–Crippen MR) is 109 cm³/mol. The van der Waals surface area contributed by atoms with Gasteiger partial charge in [-0.15, -0.1) is 0 Å². The lowest BCUT2D eigenvalue weighted by Crippen LogP contribution is -2.28. The van der Waals surface area contributed by atoms with Crippen molar-refractivity contribution in [2.24, 2.45) is 5.10 Å². The number of alkyl halides is 4. The van der Waals surface area contributed by atoms with Gasteiger partial charge in [0, 0.05) is 30.3 Å². The molecule has 178 valence electrons. The van der Waals surface area contributed by atoms with Gasteiger partial charge in [-0.2, -0.15) is 27.0 Å². The van der Waals surface area contributed by atoms with Crippen LogP contribution in [0.5, 0.6) is 11.5 Å². The summed E-state index contributed by atoms with van der Waals surface area (Å²) in [7, 11) is -3.73. The highest BCUT2D eigenvalue weighted by Crippen LogP contribution is 2.26. The summed E-state index contributed by atoms with van der Waals surface area (Å²) in [5.74, 6) is -1.66. The van der Waals surface area contributed by atoms with E-state index in [0.717, 1.165) is 37.3 Å². The van der Waals surface area contributed by atoms with Crippen LogP contribution in [-0.2, 0) is 10.0 Å². The predicted octanol–water partition coefficient (Wildman–Crippen LogP) is 3.44. The smallest absolute Gasteiger partial charge is 0.387 e. The van der Waals surface area contributed by atoms with Crippen molar-refractivity contribution in [1.82, 2.24) is 9.73 Å². The SMILES string of the molecule is O=C(NN=Cc1ccc(OC(F)F)cc1OC(F)F)c1cccc(S(=O)(=O)N2CCCC2)c1. The molecule has 1 heterocycles. The number of rotatable bonds is 9. The maximum atomic E-state index is 12.7. The minimum atomic E-state index is -3.73. The number of hydrogen-bond acceptors (Lipinski definition) is 6. The Kier molecular flexibility index (Phi) is 7.87. The first-order valence-electron chi connectivity index (χ1n) is 9.64. The van der Waals surface area contributed by atoms with Gasteiger partial charge < -0.3 is 9.47 Å². The summed E-state index contributed by atoms with van der Waals surface area (Å²) in [5, 5.41) is 3.65. The Morgan fingerprint density at radius 2 is 1.73 bits per heavy atom. The number of sulfonamides is 1. The van der Waals surface area contributed by atoms with Crippen LogP contribution in [0.2, 0.25) is 0 Å². The number of hydrogen-bond donors (Lipinski definition) is 1. The first-order chi connectivity index (χ1) is 15.7.